The zero-order chi connectivity index (χ0) is 21.6. The van der Waals surface area contributed by atoms with Gasteiger partial charge in [-0.3, -0.25) is 13.9 Å². The molecule has 0 saturated carbocycles. The highest BCUT2D eigenvalue weighted by Crippen LogP contribution is 2.62. The molecule has 0 bridgehead atoms. The number of amides is 1. The van der Waals surface area contributed by atoms with E-state index in [1.165, 1.54) is 0 Å². The second-order valence-electron chi connectivity index (χ2n) is 8.11. The summed E-state index contributed by atoms with van der Waals surface area (Å²) in [5.74, 6) is -0.0171. The van der Waals surface area contributed by atoms with E-state index in [4.69, 9.17) is 10.2 Å². The zero-order valence-electron chi connectivity index (χ0n) is 16.8. The number of carbonyl (C=O) groups is 1. The van der Waals surface area contributed by atoms with Crippen molar-refractivity contribution in [3.8, 4) is 11.1 Å². The molecule has 160 valence electrons. The summed E-state index contributed by atoms with van der Waals surface area (Å²) < 4.78 is 26.7. The van der Waals surface area contributed by atoms with Crippen LogP contribution in [0.5, 0.6) is 0 Å². The van der Waals surface area contributed by atoms with Gasteiger partial charge in [-0.1, -0.05) is 30.3 Å². The van der Waals surface area contributed by atoms with E-state index in [1.807, 2.05) is 48.7 Å². The standard InChI is InChI=1S/C24H24N2O4S/c25-24(27)20-11-18(17-6-8-30-14-17)10-19-21(13-26-23(19)20)16-7-9-31(28,29)22(12-16)15-4-2-1-3-5-15/h1-6,8,10-11,13-14,16,22,26,28-29H,7,9,12H2,(H2,25,27)/t16-,22+/m0/s1. The number of furan rings is 1. The molecule has 2 aromatic heterocycles. The number of hydrogen-bond donors (Lipinski definition) is 4. The summed E-state index contributed by atoms with van der Waals surface area (Å²) in [4.78, 5) is 15.4. The van der Waals surface area contributed by atoms with Crippen LogP contribution in [0, 0.1) is 0 Å². The van der Waals surface area contributed by atoms with Gasteiger partial charge in [0, 0.05) is 22.9 Å². The second-order valence-corrected chi connectivity index (χ2v) is 10.5. The molecule has 2 aromatic carbocycles. The number of nitrogens with one attached hydrogen (secondary N) is 1. The highest BCUT2D eigenvalue weighted by atomic mass is 32.3. The van der Waals surface area contributed by atoms with E-state index in [2.05, 4.69) is 4.98 Å². The van der Waals surface area contributed by atoms with Gasteiger partial charge in [-0.2, -0.15) is 10.6 Å². The zero-order valence-corrected chi connectivity index (χ0v) is 17.6. The third-order valence-corrected chi connectivity index (χ3v) is 8.49. The molecule has 5 rings (SSSR count). The fraction of sp³-hybridized carbons (Fsp3) is 0.208. The Morgan fingerprint density at radius 2 is 1.94 bits per heavy atom. The summed E-state index contributed by atoms with van der Waals surface area (Å²) in [6, 6.07) is 15.4. The maximum atomic E-state index is 12.2. The Morgan fingerprint density at radius 3 is 2.65 bits per heavy atom. The molecule has 2 atom stereocenters. The van der Waals surface area contributed by atoms with Crippen LogP contribution in [-0.4, -0.2) is 25.7 Å². The third kappa shape index (κ3) is 3.54. The first-order valence-corrected chi connectivity index (χ1v) is 12.0. The van der Waals surface area contributed by atoms with E-state index in [0.717, 1.165) is 27.6 Å². The number of fused-ring (bicyclic) bond motifs is 1. The molecular formula is C24H24N2O4S. The summed E-state index contributed by atoms with van der Waals surface area (Å²) in [6.45, 7) is 0. The van der Waals surface area contributed by atoms with Gasteiger partial charge in [-0.15, -0.1) is 0 Å². The van der Waals surface area contributed by atoms with Crippen molar-refractivity contribution in [3.63, 3.8) is 0 Å². The highest BCUT2D eigenvalue weighted by molar-refractivity contribution is 8.24. The Labute approximate surface area is 181 Å². The first kappa shape index (κ1) is 19.9. The number of aromatic amines is 1. The van der Waals surface area contributed by atoms with E-state index in [0.29, 0.717) is 29.7 Å². The average Bonchev–Trinajstić information content (AvgIpc) is 3.44. The summed E-state index contributed by atoms with van der Waals surface area (Å²) in [5.41, 5.74) is 10.6. The lowest BCUT2D eigenvalue weighted by molar-refractivity contribution is 0.100. The molecule has 0 unspecified atom stereocenters. The van der Waals surface area contributed by atoms with E-state index in [1.54, 1.807) is 18.6 Å². The molecule has 0 spiro atoms. The molecule has 0 radical (unpaired) electrons. The number of hydrogen-bond acceptors (Lipinski definition) is 4. The lowest BCUT2D eigenvalue weighted by atomic mass is 9.88. The lowest BCUT2D eigenvalue weighted by Gasteiger charge is -2.46. The number of aromatic nitrogens is 1. The van der Waals surface area contributed by atoms with Crippen LogP contribution in [0.2, 0.25) is 0 Å². The van der Waals surface area contributed by atoms with Gasteiger partial charge in [0.05, 0.1) is 28.9 Å². The summed E-state index contributed by atoms with van der Waals surface area (Å²) in [6.07, 6.45) is 6.46. The molecule has 1 aliphatic heterocycles. The fourth-order valence-electron chi connectivity index (χ4n) is 4.67. The number of primary amides is 1. The van der Waals surface area contributed by atoms with Crippen LogP contribution in [0.25, 0.3) is 22.0 Å². The molecule has 4 aromatic rings. The minimum Gasteiger partial charge on any atom is -0.472 e. The summed E-state index contributed by atoms with van der Waals surface area (Å²) in [7, 11) is -2.72. The van der Waals surface area contributed by atoms with Crippen molar-refractivity contribution < 1.29 is 18.3 Å². The number of H-pyrrole nitrogens is 1. The van der Waals surface area contributed by atoms with Crippen molar-refractivity contribution in [1.82, 2.24) is 4.98 Å². The minimum atomic E-state index is -2.72. The van der Waals surface area contributed by atoms with Crippen molar-refractivity contribution in [2.45, 2.75) is 24.0 Å². The number of benzene rings is 2. The highest BCUT2D eigenvalue weighted by Gasteiger charge is 2.36. The predicted octanol–water partition coefficient (Wildman–Crippen LogP) is 5.90. The fourth-order valence-corrected chi connectivity index (χ4v) is 6.72. The van der Waals surface area contributed by atoms with Gasteiger partial charge >= 0.3 is 0 Å². The van der Waals surface area contributed by atoms with E-state index in [9.17, 15) is 13.9 Å². The molecule has 1 amide bonds. The van der Waals surface area contributed by atoms with Crippen molar-refractivity contribution >= 4 is 27.4 Å². The number of rotatable bonds is 4. The Kier molecular flexibility index (Phi) is 4.89. The van der Waals surface area contributed by atoms with Crippen LogP contribution in [0.15, 0.2) is 71.7 Å². The van der Waals surface area contributed by atoms with E-state index >= 15 is 0 Å². The van der Waals surface area contributed by atoms with Crippen LogP contribution in [0.3, 0.4) is 0 Å². The molecule has 6 nitrogen and oxygen atoms in total. The molecule has 1 saturated heterocycles. The number of carbonyl (C=O) groups excluding carboxylic acids is 1. The molecule has 0 aliphatic carbocycles. The van der Waals surface area contributed by atoms with Crippen LogP contribution >= 0.6 is 10.6 Å². The average molecular weight is 437 g/mol. The van der Waals surface area contributed by atoms with Gasteiger partial charge in [0.15, 0.2) is 0 Å². The van der Waals surface area contributed by atoms with Crippen LogP contribution in [-0.2, 0) is 0 Å². The monoisotopic (exact) mass is 436 g/mol. The first-order valence-electron chi connectivity index (χ1n) is 10.2. The van der Waals surface area contributed by atoms with Gasteiger partial charge < -0.3 is 15.1 Å². The number of nitrogens with two attached hydrogens (primary N) is 1. The van der Waals surface area contributed by atoms with Crippen molar-refractivity contribution in [1.29, 1.82) is 0 Å². The van der Waals surface area contributed by atoms with Crippen LogP contribution in [0.4, 0.5) is 0 Å². The maximum Gasteiger partial charge on any atom is 0.250 e. The van der Waals surface area contributed by atoms with E-state index in [-0.39, 0.29) is 11.2 Å². The molecule has 1 aliphatic rings. The molecule has 1 fully saturated rings. The third-order valence-electron chi connectivity index (χ3n) is 6.27. The normalized spacial score (nSPS) is 21.7. The summed E-state index contributed by atoms with van der Waals surface area (Å²) in [5, 5.41) is 0.618. The van der Waals surface area contributed by atoms with Gasteiger partial charge in [0.25, 0.3) is 5.91 Å². The van der Waals surface area contributed by atoms with Gasteiger partial charge in [-0.25, -0.2) is 0 Å². The predicted molar refractivity (Wildman–Crippen MR) is 123 cm³/mol. The molecule has 31 heavy (non-hydrogen) atoms. The molecular weight excluding hydrogens is 412 g/mol. The van der Waals surface area contributed by atoms with E-state index < -0.39 is 16.5 Å². The van der Waals surface area contributed by atoms with Crippen molar-refractivity contribution in [2.75, 3.05) is 5.75 Å². The second kappa shape index (κ2) is 7.60. The Bertz CT molecular complexity index is 1230. The maximum absolute atomic E-state index is 12.2. The smallest absolute Gasteiger partial charge is 0.250 e. The molecule has 5 N–H and O–H groups in total. The SMILES string of the molecule is NC(=O)c1cc(-c2ccoc2)cc2c([C@H]3CCS(O)(O)[C@@H](c4ccccc4)C3)c[nH]c12. The molecule has 7 heteroatoms. The van der Waals surface area contributed by atoms with Crippen molar-refractivity contribution in [2.24, 2.45) is 5.73 Å². The van der Waals surface area contributed by atoms with Crippen molar-refractivity contribution in [3.05, 3.63) is 83.9 Å². The summed E-state index contributed by atoms with van der Waals surface area (Å²) >= 11 is 0. The quantitative estimate of drug-likeness (QED) is 0.319. The largest absolute Gasteiger partial charge is 0.472 e. The van der Waals surface area contributed by atoms with Gasteiger partial charge in [0.1, 0.15) is 0 Å². The van der Waals surface area contributed by atoms with Crippen LogP contribution in [0.1, 0.15) is 45.5 Å². The Balaban J connectivity index is 1.59. The minimum absolute atomic E-state index is 0.124. The topological polar surface area (TPSA) is 112 Å². The van der Waals surface area contributed by atoms with Gasteiger partial charge in [-0.05, 0) is 53.6 Å². The molecule has 3 heterocycles. The Morgan fingerprint density at radius 1 is 1.13 bits per heavy atom. The Hall–Kier alpha value is -3.00. The lowest BCUT2D eigenvalue weighted by Crippen LogP contribution is -2.23. The first-order chi connectivity index (χ1) is 14.9. The van der Waals surface area contributed by atoms with Crippen LogP contribution < -0.4 is 5.73 Å². The van der Waals surface area contributed by atoms with Gasteiger partial charge in [0.2, 0.25) is 0 Å².